The van der Waals surface area contributed by atoms with Gasteiger partial charge >= 0.3 is 24.8 Å². The number of hydrogen-bond acceptors (Lipinski definition) is 10. The van der Waals surface area contributed by atoms with Crippen LogP contribution in [0.4, 0.5) is 0 Å². The van der Waals surface area contributed by atoms with E-state index >= 15 is 0 Å². The number of ether oxygens (including phenoxy) is 6. The van der Waals surface area contributed by atoms with Crippen molar-refractivity contribution in [2.24, 2.45) is 10.8 Å². The number of rotatable bonds is 9. The van der Waals surface area contributed by atoms with Crippen LogP contribution in [-0.2, 0) is 61.3 Å². The summed E-state index contributed by atoms with van der Waals surface area (Å²) in [4.78, 5) is 12.4. The SMILES string of the molecule is C1CCOC1.CCOC(=O)c1nn2c(c1C1CCC(C)(COC)CC1)COCC2.COCC1(C)CCC(c2c(CO)nn3c2COCC3)CC1.[AlH3].[H-].[Li+]. The molecule has 3 aliphatic heterocycles. The smallest absolute Gasteiger partial charge is 1.00 e. The van der Waals surface area contributed by atoms with Gasteiger partial charge in [0.1, 0.15) is 0 Å². The number of methoxy groups -OCH3 is 2. The van der Waals surface area contributed by atoms with Crippen LogP contribution in [0.15, 0.2) is 0 Å². The van der Waals surface area contributed by atoms with Crippen molar-refractivity contribution in [1.82, 2.24) is 19.6 Å². The van der Waals surface area contributed by atoms with Gasteiger partial charge in [0.2, 0.25) is 0 Å². The van der Waals surface area contributed by atoms with E-state index in [0.29, 0.717) is 55.9 Å². The summed E-state index contributed by atoms with van der Waals surface area (Å²) in [7, 11) is 3.55. The van der Waals surface area contributed by atoms with Crippen LogP contribution in [0, 0.1) is 10.8 Å². The monoisotopic (exact) mass is 740 g/mol. The molecule has 5 heterocycles. The van der Waals surface area contributed by atoms with E-state index in [1.165, 1.54) is 36.9 Å². The zero-order chi connectivity index (χ0) is 35.6. The molecule has 1 saturated heterocycles. The van der Waals surface area contributed by atoms with Crippen LogP contribution >= 0.6 is 0 Å². The molecule has 2 aliphatic carbocycles. The maximum absolute atomic E-state index is 12.4. The summed E-state index contributed by atoms with van der Waals surface area (Å²) in [5.41, 5.74) is 6.46. The Hall–Kier alpha value is -1.22. The number of nitrogens with zero attached hydrogens (tertiary/aromatic N) is 4. The van der Waals surface area contributed by atoms with Gasteiger partial charge in [-0.15, -0.1) is 0 Å². The van der Waals surface area contributed by atoms with Crippen molar-refractivity contribution < 1.29 is 58.6 Å². The first-order chi connectivity index (χ1) is 24.2. The molecule has 0 radical (unpaired) electrons. The molecule has 0 atom stereocenters. The van der Waals surface area contributed by atoms with Crippen LogP contribution < -0.4 is 18.9 Å². The summed E-state index contributed by atoms with van der Waals surface area (Å²) >= 11 is 0. The molecule has 2 aromatic heterocycles. The molecule has 1 N–H and O–H groups in total. The first kappa shape index (κ1) is 45.2. The van der Waals surface area contributed by atoms with E-state index in [4.69, 9.17) is 28.4 Å². The number of aromatic nitrogens is 4. The van der Waals surface area contributed by atoms with Crippen LogP contribution in [-0.4, -0.2) is 108 Å². The molecular formula is C38H66AlLiN4O8. The van der Waals surface area contributed by atoms with Gasteiger partial charge in [-0.25, -0.2) is 4.79 Å². The van der Waals surface area contributed by atoms with Gasteiger partial charge in [-0.1, -0.05) is 13.8 Å². The van der Waals surface area contributed by atoms with Crippen LogP contribution in [0.1, 0.15) is 137 Å². The minimum atomic E-state index is -0.306. The Labute approximate surface area is 335 Å². The Kier molecular flexibility index (Phi) is 18.9. The molecule has 12 nitrogen and oxygen atoms in total. The van der Waals surface area contributed by atoms with E-state index < -0.39 is 0 Å². The van der Waals surface area contributed by atoms with Crippen molar-refractivity contribution in [1.29, 1.82) is 0 Å². The second-order valence-corrected chi connectivity index (χ2v) is 15.3. The Balaban J connectivity index is 0.000000310. The summed E-state index contributed by atoms with van der Waals surface area (Å²) in [5, 5.41) is 18.8. The van der Waals surface area contributed by atoms with Gasteiger partial charge in [-0.3, -0.25) is 9.36 Å². The normalized spacial score (nSPS) is 26.6. The Morgan fingerprint density at radius 1 is 0.808 bits per heavy atom. The second-order valence-electron chi connectivity index (χ2n) is 15.3. The number of carbonyl (C=O) groups excluding carboxylic acids is 1. The van der Waals surface area contributed by atoms with Gasteiger partial charge in [-0.05, 0) is 93.8 Å². The third-order valence-corrected chi connectivity index (χ3v) is 11.3. The summed E-state index contributed by atoms with van der Waals surface area (Å²) in [5.74, 6) is 0.543. The van der Waals surface area contributed by atoms with E-state index in [1.54, 1.807) is 14.2 Å². The summed E-state index contributed by atoms with van der Waals surface area (Å²) < 4.78 is 36.1. The number of aliphatic hydroxyl groups excluding tert-OH is 1. The fourth-order valence-corrected chi connectivity index (χ4v) is 8.46. The molecule has 0 bridgehead atoms. The summed E-state index contributed by atoms with van der Waals surface area (Å²) in [6, 6.07) is 0. The van der Waals surface area contributed by atoms with Crippen molar-refractivity contribution in [3.8, 4) is 0 Å². The Morgan fingerprint density at radius 3 is 1.73 bits per heavy atom. The first-order valence-electron chi connectivity index (χ1n) is 18.9. The van der Waals surface area contributed by atoms with Crippen molar-refractivity contribution in [2.75, 3.05) is 60.5 Å². The van der Waals surface area contributed by atoms with Crippen LogP contribution in [0.25, 0.3) is 0 Å². The molecule has 7 rings (SSSR count). The predicted octanol–water partition coefficient (Wildman–Crippen LogP) is 1.85. The number of carbonyl (C=O) groups is 1. The van der Waals surface area contributed by atoms with E-state index in [-0.39, 0.29) is 55.6 Å². The average Bonchev–Trinajstić information content (AvgIpc) is 3.90. The predicted molar refractivity (Wildman–Crippen MR) is 199 cm³/mol. The van der Waals surface area contributed by atoms with Crippen molar-refractivity contribution in [3.05, 3.63) is 33.9 Å². The molecule has 2 aromatic rings. The van der Waals surface area contributed by atoms with E-state index in [0.717, 1.165) is 95.1 Å². The molecule has 0 aromatic carbocycles. The molecule has 5 aliphatic rings. The quantitative estimate of drug-likeness (QED) is 0.301. The van der Waals surface area contributed by atoms with Crippen molar-refractivity contribution in [2.45, 2.75) is 130 Å². The minimum Gasteiger partial charge on any atom is -1.00 e. The number of fused-ring (bicyclic) bond motifs is 2. The van der Waals surface area contributed by atoms with Gasteiger partial charge in [0.25, 0.3) is 0 Å². The Morgan fingerprint density at radius 2 is 1.29 bits per heavy atom. The molecule has 14 heteroatoms. The molecule has 52 heavy (non-hydrogen) atoms. The molecule has 0 amide bonds. The van der Waals surface area contributed by atoms with Crippen molar-refractivity contribution >= 4 is 23.3 Å². The molecular weight excluding hydrogens is 674 g/mol. The third kappa shape index (κ3) is 11.4. The van der Waals surface area contributed by atoms with Crippen LogP contribution in [0.5, 0.6) is 0 Å². The zero-order valence-electron chi connectivity index (χ0n) is 33.3. The fourth-order valence-electron chi connectivity index (χ4n) is 8.46. The topological polar surface area (TPSA) is 128 Å². The number of esters is 1. The largest absolute Gasteiger partial charge is 1.00 e. The molecule has 0 unspecified atom stereocenters. The van der Waals surface area contributed by atoms with Gasteiger partial charge in [0.05, 0.1) is 83.0 Å². The minimum absolute atomic E-state index is 0. The molecule has 0 spiro atoms. The Bertz CT molecular complexity index is 1370. The van der Waals surface area contributed by atoms with Crippen molar-refractivity contribution in [3.63, 3.8) is 0 Å². The number of aliphatic hydroxyl groups is 1. The summed E-state index contributed by atoms with van der Waals surface area (Å²) in [6.45, 7) is 14.5. The van der Waals surface area contributed by atoms with Gasteiger partial charge in [0.15, 0.2) is 23.1 Å². The fraction of sp³-hybridized carbons (Fsp3) is 0.816. The summed E-state index contributed by atoms with van der Waals surface area (Å²) in [6.07, 6.45) is 11.5. The molecule has 290 valence electrons. The maximum Gasteiger partial charge on any atom is 1.00 e. The van der Waals surface area contributed by atoms with Gasteiger partial charge < -0.3 is 35.0 Å². The van der Waals surface area contributed by atoms with Gasteiger partial charge in [-0.2, -0.15) is 10.2 Å². The maximum atomic E-state index is 12.4. The zero-order valence-corrected chi connectivity index (χ0v) is 32.3. The second kappa shape index (κ2) is 21.8. The van der Waals surface area contributed by atoms with Gasteiger partial charge in [0, 0.05) is 38.6 Å². The third-order valence-electron chi connectivity index (χ3n) is 11.3. The average molecular weight is 741 g/mol. The standard InChI is InChI=1S/C18H28N2O4.C16H26N2O3.C4H8O.Al.Li.4H/c1-4-24-17(21)16-15(14-11-23-10-9-20(14)19-16)13-5-7-18(2,8-6-13)12-22-3;1-16(11-20-2)5-3-12(4-6-16)15-13(9-19)17-18-7-8-21-10-14(15)18;1-2-4-5-3-1;;;;;;/h13H,4-12H2,1-3H3;12,19H,3-11H2,1-2H3;1-4H2;;;;;;/q;;;;+1;;;;-1. The first-order valence-corrected chi connectivity index (χ1v) is 18.9. The van der Waals surface area contributed by atoms with Crippen LogP contribution in [0.2, 0.25) is 0 Å². The van der Waals surface area contributed by atoms with E-state index in [1.807, 2.05) is 16.3 Å². The van der Waals surface area contributed by atoms with E-state index in [9.17, 15) is 9.90 Å². The molecule has 2 saturated carbocycles. The van der Waals surface area contributed by atoms with E-state index in [2.05, 4.69) is 24.0 Å². The molecule has 3 fully saturated rings. The van der Waals surface area contributed by atoms with Crippen LogP contribution in [0.3, 0.4) is 0 Å². The number of hydrogen-bond donors (Lipinski definition) is 1.